The van der Waals surface area contributed by atoms with E-state index in [0.29, 0.717) is 11.3 Å². The van der Waals surface area contributed by atoms with Crippen LogP contribution in [0.1, 0.15) is 43.5 Å². The van der Waals surface area contributed by atoms with Crippen molar-refractivity contribution in [3.05, 3.63) is 63.7 Å². The van der Waals surface area contributed by atoms with Gasteiger partial charge in [-0.05, 0) is 37.5 Å². The van der Waals surface area contributed by atoms with E-state index >= 15 is 0 Å². The third kappa shape index (κ3) is 5.05. The lowest BCUT2D eigenvalue weighted by molar-refractivity contribution is -0.140. The van der Waals surface area contributed by atoms with Gasteiger partial charge in [-0.3, -0.25) is 9.59 Å². The Kier molecular flexibility index (Phi) is 8.23. The number of hydrogen-bond acceptors (Lipinski definition) is 6. The third-order valence-electron chi connectivity index (χ3n) is 5.76. The van der Waals surface area contributed by atoms with Gasteiger partial charge in [0.15, 0.2) is 0 Å². The summed E-state index contributed by atoms with van der Waals surface area (Å²) in [4.78, 5) is 27.7. The Morgan fingerprint density at radius 1 is 1.09 bits per heavy atom. The van der Waals surface area contributed by atoms with E-state index in [-0.39, 0.29) is 46.9 Å². The van der Waals surface area contributed by atoms with Crippen LogP contribution in [0.5, 0.6) is 11.5 Å². The minimum Gasteiger partial charge on any atom is -0.507 e. The summed E-state index contributed by atoms with van der Waals surface area (Å²) < 4.78 is 16.3. The van der Waals surface area contributed by atoms with Gasteiger partial charge in [0.25, 0.3) is 11.7 Å². The molecule has 1 saturated heterocycles. The summed E-state index contributed by atoms with van der Waals surface area (Å²) in [5.74, 6) is -1.28. The molecule has 8 heteroatoms. The molecule has 1 unspecified atom stereocenters. The van der Waals surface area contributed by atoms with Crippen LogP contribution in [0.4, 0.5) is 0 Å². The number of ketones is 1. The second-order valence-corrected chi connectivity index (χ2v) is 8.60. The molecule has 1 aliphatic rings. The van der Waals surface area contributed by atoms with Crippen molar-refractivity contribution in [2.75, 3.05) is 27.4 Å². The predicted octanol–water partition coefficient (Wildman–Crippen LogP) is 4.77. The highest BCUT2D eigenvalue weighted by Gasteiger charge is 2.46. The first-order valence-electron chi connectivity index (χ1n) is 11.1. The molecule has 0 saturated carbocycles. The molecule has 182 valence electrons. The lowest BCUT2D eigenvalue weighted by atomic mass is 9.94. The van der Waals surface area contributed by atoms with Crippen LogP contribution in [0.2, 0.25) is 5.02 Å². The molecule has 7 nitrogen and oxygen atoms in total. The first-order valence-corrected chi connectivity index (χ1v) is 11.5. The molecule has 0 aromatic heterocycles. The number of carbonyl (C=O) groups is 2. The quantitative estimate of drug-likeness (QED) is 0.311. The van der Waals surface area contributed by atoms with Gasteiger partial charge in [-0.25, -0.2) is 0 Å². The van der Waals surface area contributed by atoms with Gasteiger partial charge in [-0.2, -0.15) is 0 Å². The number of methoxy groups -OCH3 is 2. The lowest BCUT2D eigenvalue weighted by Crippen LogP contribution is -2.33. The molecule has 1 N–H and O–H groups in total. The molecule has 0 aliphatic carbocycles. The zero-order chi connectivity index (χ0) is 25.0. The van der Waals surface area contributed by atoms with Gasteiger partial charge < -0.3 is 24.2 Å². The van der Waals surface area contributed by atoms with Crippen LogP contribution < -0.4 is 9.47 Å². The zero-order valence-corrected chi connectivity index (χ0v) is 20.8. The van der Waals surface area contributed by atoms with Gasteiger partial charge >= 0.3 is 0 Å². The minimum atomic E-state index is -0.784. The molecule has 1 atom stereocenters. The number of Topliss-reactive ketones (excluding diaryl/α,β-unsaturated/α-hetero) is 1. The Hall–Kier alpha value is -3.03. The molecule has 2 aromatic carbocycles. The van der Waals surface area contributed by atoms with Crippen LogP contribution >= 0.6 is 11.6 Å². The molecular weight excluding hydrogens is 458 g/mol. The Balaban J connectivity index is 2.18. The van der Waals surface area contributed by atoms with Crippen molar-refractivity contribution in [1.82, 2.24) is 4.90 Å². The molecule has 34 heavy (non-hydrogen) atoms. The van der Waals surface area contributed by atoms with E-state index in [1.165, 1.54) is 31.3 Å². The van der Waals surface area contributed by atoms with Crippen molar-refractivity contribution in [1.29, 1.82) is 0 Å². The zero-order valence-electron chi connectivity index (χ0n) is 20.1. The van der Waals surface area contributed by atoms with E-state index in [1.54, 1.807) is 0 Å². The highest BCUT2D eigenvalue weighted by Crippen LogP contribution is 2.43. The molecule has 3 rings (SSSR count). The minimum absolute atomic E-state index is 0.0232. The number of amides is 1. The number of hydrogen-bond donors (Lipinski definition) is 1. The molecular formula is C26H30ClNO6. The number of ether oxygens (including phenoxy) is 3. The largest absolute Gasteiger partial charge is 0.507 e. The van der Waals surface area contributed by atoms with Crippen LogP contribution in [-0.2, 0) is 20.7 Å². The topological polar surface area (TPSA) is 85.3 Å². The summed E-state index contributed by atoms with van der Waals surface area (Å²) in [6.07, 6.45) is 0.828. The molecule has 2 aromatic rings. The van der Waals surface area contributed by atoms with Crippen molar-refractivity contribution >= 4 is 29.1 Å². The van der Waals surface area contributed by atoms with Crippen LogP contribution in [0.15, 0.2) is 42.0 Å². The molecule has 0 bridgehead atoms. The van der Waals surface area contributed by atoms with Crippen LogP contribution in [0, 0.1) is 0 Å². The molecule has 1 fully saturated rings. The highest BCUT2D eigenvalue weighted by molar-refractivity contribution is 6.46. The van der Waals surface area contributed by atoms with Gasteiger partial charge in [0, 0.05) is 12.6 Å². The monoisotopic (exact) mass is 487 g/mol. The average molecular weight is 488 g/mol. The Bertz CT molecular complexity index is 1090. The fraction of sp³-hybridized carbons (Fsp3) is 0.385. The van der Waals surface area contributed by atoms with Crippen molar-refractivity contribution in [2.45, 2.75) is 39.3 Å². The molecule has 0 spiro atoms. The number of rotatable bonds is 9. The fourth-order valence-corrected chi connectivity index (χ4v) is 4.20. The Morgan fingerprint density at radius 2 is 1.74 bits per heavy atom. The second kappa shape index (κ2) is 10.9. The van der Waals surface area contributed by atoms with Crippen LogP contribution in [0.3, 0.4) is 0 Å². The van der Waals surface area contributed by atoms with Gasteiger partial charge in [-0.15, -0.1) is 0 Å². The van der Waals surface area contributed by atoms with E-state index in [0.717, 1.165) is 12.0 Å². The Morgan fingerprint density at radius 3 is 2.29 bits per heavy atom. The van der Waals surface area contributed by atoms with Crippen molar-refractivity contribution in [3.63, 3.8) is 0 Å². The van der Waals surface area contributed by atoms with Crippen molar-refractivity contribution < 1.29 is 28.9 Å². The van der Waals surface area contributed by atoms with E-state index in [9.17, 15) is 14.7 Å². The van der Waals surface area contributed by atoms with Crippen molar-refractivity contribution in [2.24, 2.45) is 0 Å². The maximum Gasteiger partial charge on any atom is 0.295 e. The number of likely N-dealkylation sites (tertiary alicyclic amines) is 1. The van der Waals surface area contributed by atoms with Gasteiger partial charge in [0.2, 0.25) is 0 Å². The standard InChI is InChI=1S/C26H30ClNO6/c1-6-16-7-9-17(10-8-16)23-22(25(30)26(31)28(23)11-12-34-15(2)3)24(29)18-13-21(33-5)19(27)14-20(18)32-4/h7-10,13-15,23,29H,6,11-12H2,1-5H3/b24-22+. The summed E-state index contributed by atoms with van der Waals surface area (Å²) in [6.45, 7) is 6.29. The van der Waals surface area contributed by atoms with E-state index in [4.69, 9.17) is 25.8 Å². The summed E-state index contributed by atoms with van der Waals surface area (Å²) in [5, 5.41) is 11.7. The van der Waals surface area contributed by atoms with Gasteiger partial charge in [0.1, 0.15) is 17.3 Å². The summed E-state index contributed by atoms with van der Waals surface area (Å²) in [7, 11) is 2.87. The van der Waals surface area contributed by atoms with Crippen LogP contribution in [-0.4, -0.2) is 55.2 Å². The summed E-state index contributed by atoms with van der Waals surface area (Å²) >= 11 is 6.21. The second-order valence-electron chi connectivity index (χ2n) is 8.19. The number of halogens is 1. The van der Waals surface area contributed by atoms with E-state index < -0.39 is 17.7 Å². The van der Waals surface area contributed by atoms with Crippen molar-refractivity contribution in [3.8, 4) is 11.5 Å². The summed E-state index contributed by atoms with van der Waals surface area (Å²) in [6, 6.07) is 9.85. The van der Waals surface area contributed by atoms with Crippen LogP contribution in [0.25, 0.3) is 5.76 Å². The molecule has 1 heterocycles. The third-order valence-corrected chi connectivity index (χ3v) is 6.05. The van der Waals surface area contributed by atoms with E-state index in [1.807, 2.05) is 45.0 Å². The normalized spacial score (nSPS) is 17.5. The number of aryl methyl sites for hydroxylation is 1. The van der Waals surface area contributed by atoms with E-state index in [2.05, 4.69) is 0 Å². The predicted molar refractivity (Wildman–Crippen MR) is 130 cm³/mol. The first-order chi connectivity index (χ1) is 16.2. The lowest BCUT2D eigenvalue weighted by Gasteiger charge is -2.26. The van der Waals surface area contributed by atoms with Gasteiger partial charge in [0.05, 0.1) is 49.1 Å². The number of carbonyl (C=O) groups excluding carboxylic acids is 2. The first kappa shape index (κ1) is 25.6. The summed E-state index contributed by atoms with van der Waals surface area (Å²) in [5.41, 5.74) is 2.01. The number of benzene rings is 2. The average Bonchev–Trinajstić information content (AvgIpc) is 3.08. The molecule has 1 aliphatic heterocycles. The number of aliphatic hydroxyl groups excluding tert-OH is 1. The smallest absolute Gasteiger partial charge is 0.295 e. The van der Waals surface area contributed by atoms with Gasteiger partial charge in [-0.1, -0.05) is 42.8 Å². The highest BCUT2D eigenvalue weighted by atomic mass is 35.5. The molecule has 0 radical (unpaired) electrons. The Labute approximate surface area is 204 Å². The SMILES string of the molecule is CCc1ccc(C2/C(=C(\O)c3cc(OC)c(Cl)cc3OC)C(=O)C(=O)N2CCOC(C)C)cc1. The fourth-order valence-electron chi connectivity index (χ4n) is 3.97. The number of aliphatic hydroxyl groups is 1. The number of nitrogens with zero attached hydrogens (tertiary/aromatic N) is 1. The molecule has 1 amide bonds. The maximum atomic E-state index is 13.2. The maximum absolute atomic E-state index is 13.2.